The largest absolute Gasteiger partial charge is 0.546 e. The van der Waals surface area contributed by atoms with Crippen molar-refractivity contribution in [2.45, 2.75) is 25.9 Å². The maximum Gasteiger partial charge on any atom is 0.546 e. The zero-order valence-electron chi connectivity index (χ0n) is 8.58. The van der Waals surface area contributed by atoms with Crippen LogP contribution in [0.5, 0.6) is 0 Å². The fraction of sp³-hybridized carbons (Fsp3) is 0.400. The van der Waals surface area contributed by atoms with Crippen molar-refractivity contribution in [2.24, 2.45) is 0 Å². The number of alkyl halides is 3. The Kier molecular flexibility index (Phi) is 4.05. The SMILES string of the molecule is CCc1cccc([P+](=O)O)c1CC(F)(F)F. The lowest BCUT2D eigenvalue weighted by atomic mass is 10.0. The number of hydrogen-bond donors (Lipinski definition) is 1. The lowest BCUT2D eigenvalue weighted by molar-refractivity contribution is -0.127. The zero-order chi connectivity index (χ0) is 12.3. The average molecular weight is 251 g/mol. The molecule has 1 N–H and O–H groups in total. The van der Waals surface area contributed by atoms with E-state index in [-0.39, 0.29) is 10.9 Å². The summed E-state index contributed by atoms with van der Waals surface area (Å²) in [6.07, 6.45) is -5.12. The van der Waals surface area contributed by atoms with Gasteiger partial charge < -0.3 is 0 Å². The summed E-state index contributed by atoms with van der Waals surface area (Å²) in [5, 5.41) is -0.119. The molecule has 0 spiro atoms. The molecule has 0 saturated heterocycles. The first-order valence-electron chi connectivity index (χ1n) is 4.68. The number of halogens is 3. The summed E-state index contributed by atoms with van der Waals surface area (Å²) in [4.78, 5) is 8.96. The highest BCUT2D eigenvalue weighted by atomic mass is 31.1. The fourth-order valence-corrected chi connectivity index (χ4v) is 2.20. The Morgan fingerprint density at radius 1 is 1.38 bits per heavy atom. The van der Waals surface area contributed by atoms with Crippen LogP contribution in [0.3, 0.4) is 0 Å². The molecule has 0 radical (unpaired) electrons. The average Bonchev–Trinajstić information content (AvgIpc) is 2.15. The highest BCUT2D eigenvalue weighted by molar-refractivity contribution is 7.47. The van der Waals surface area contributed by atoms with E-state index in [4.69, 9.17) is 4.89 Å². The van der Waals surface area contributed by atoms with Gasteiger partial charge in [-0.1, -0.05) is 19.1 Å². The van der Waals surface area contributed by atoms with Gasteiger partial charge in [-0.25, -0.2) is 0 Å². The standard InChI is InChI=1S/C10H10F3O2P/c1-2-7-4-3-5-9(16(14)15)8(7)6-10(11,12)13/h3-5H,2,6H2,1H3/p+1. The number of benzene rings is 1. The van der Waals surface area contributed by atoms with Crippen molar-refractivity contribution in [1.82, 2.24) is 0 Å². The molecule has 0 amide bonds. The predicted octanol–water partition coefficient (Wildman–Crippen LogP) is 2.71. The van der Waals surface area contributed by atoms with Crippen LogP contribution in [0.25, 0.3) is 0 Å². The molecule has 0 saturated carbocycles. The van der Waals surface area contributed by atoms with Crippen LogP contribution < -0.4 is 5.30 Å². The van der Waals surface area contributed by atoms with Crippen molar-refractivity contribution in [2.75, 3.05) is 0 Å². The van der Waals surface area contributed by atoms with Gasteiger partial charge in [0.2, 0.25) is 5.30 Å². The Balaban J connectivity index is 3.25. The Labute approximate surface area is 92.0 Å². The highest BCUT2D eigenvalue weighted by Gasteiger charge is 2.34. The van der Waals surface area contributed by atoms with Crippen molar-refractivity contribution < 1.29 is 22.6 Å². The maximum atomic E-state index is 12.3. The minimum atomic E-state index is -4.37. The molecular formula is C10H11F3O2P+. The van der Waals surface area contributed by atoms with Gasteiger partial charge in [0.25, 0.3) is 0 Å². The molecule has 1 aromatic carbocycles. The van der Waals surface area contributed by atoms with Gasteiger partial charge in [0.15, 0.2) is 0 Å². The van der Waals surface area contributed by atoms with E-state index in [1.54, 1.807) is 13.0 Å². The lowest BCUT2D eigenvalue weighted by Crippen LogP contribution is -2.19. The van der Waals surface area contributed by atoms with E-state index in [0.717, 1.165) is 0 Å². The van der Waals surface area contributed by atoms with Gasteiger partial charge in [-0.3, -0.25) is 0 Å². The molecular weight excluding hydrogens is 240 g/mol. The van der Waals surface area contributed by atoms with Crippen LogP contribution in [0.1, 0.15) is 18.1 Å². The molecule has 2 nitrogen and oxygen atoms in total. The third-order valence-corrected chi connectivity index (χ3v) is 3.04. The smallest absolute Gasteiger partial charge is 0.171 e. The minimum absolute atomic E-state index is 0.0684. The Morgan fingerprint density at radius 3 is 2.44 bits per heavy atom. The van der Waals surface area contributed by atoms with Crippen molar-refractivity contribution in [3.05, 3.63) is 29.3 Å². The van der Waals surface area contributed by atoms with Crippen LogP contribution in [-0.2, 0) is 17.4 Å². The van der Waals surface area contributed by atoms with Crippen molar-refractivity contribution in [3.8, 4) is 0 Å². The second-order valence-corrected chi connectivity index (χ2v) is 4.36. The summed E-state index contributed by atoms with van der Waals surface area (Å²) in [7, 11) is -2.74. The first kappa shape index (κ1) is 13.1. The Morgan fingerprint density at radius 2 is 2.00 bits per heavy atom. The predicted molar refractivity (Wildman–Crippen MR) is 55.0 cm³/mol. The van der Waals surface area contributed by atoms with E-state index in [1.165, 1.54) is 12.1 Å². The molecule has 0 aliphatic carbocycles. The second-order valence-electron chi connectivity index (χ2n) is 3.33. The summed E-state index contributed by atoms with van der Waals surface area (Å²) in [5.41, 5.74) is 0.397. The third kappa shape index (κ3) is 3.29. The molecule has 1 aromatic rings. The summed E-state index contributed by atoms with van der Waals surface area (Å²) < 4.78 is 47.9. The minimum Gasteiger partial charge on any atom is -0.171 e. The van der Waals surface area contributed by atoms with Crippen molar-refractivity contribution in [1.29, 1.82) is 0 Å². The monoisotopic (exact) mass is 251 g/mol. The second kappa shape index (κ2) is 4.93. The molecule has 0 bridgehead atoms. The molecule has 0 fully saturated rings. The first-order valence-corrected chi connectivity index (χ1v) is 5.90. The van der Waals surface area contributed by atoms with Crippen molar-refractivity contribution in [3.63, 3.8) is 0 Å². The lowest BCUT2D eigenvalue weighted by Gasteiger charge is -2.10. The van der Waals surface area contributed by atoms with Gasteiger partial charge in [-0.2, -0.15) is 18.1 Å². The molecule has 1 atom stereocenters. The van der Waals surface area contributed by atoms with Crippen LogP contribution >= 0.6 is 8.03 Å². The van der Waals surface area contributed by atoms with Crippen LogP contribution in [0, 0.1) is 0 Å². The molecule has 0 aliphatic rings. The molecule has 88 valence electrons. The van der Waals surface area contributed by atoms with Gasteiger partial charge in [0.1, 0.15) is 0 Å². The molecule has 6 heteroatoms. The summed E-state index contributed by atoms with van der Waals surface area (Å²) in [6.45, 7) is 1.71. The maximum absolute atomic E-state index is 12.3. The highest BCUT2D eigenvalue weighted by Crippen LogP contribution is 2.27. The summed E-state index contributed by atoms with van der Waals surface area (Å²) >= 11 is 0. The topological polar surface area (TPSA) is 37.3 Å². The van der Waals surface area contributed by atoms with Gasteiger partial charge in [-0.05, 0) is 22.6 Å². The quantitative estimate of drug-likeness (QED) is 0.838. The van der Waals surface area contributed by atoms with Crippen LogP contribution in [0.15, 0.2) is 18.2 Å². The molecule has 0 aliphatic heterocycles. The van der Waals surface area contributed by atoms with Crippen LogP contribution in [-0.4, -0.2) is 11.1 Å². The van der Waals surface area contributed by atoms with E-state index < -0.39 is 20.6 Å². The molecule has 0 heterocycles. The Hall–Kier alpha value is -0.930. The normalized spacial score (nSPS) is 12.7. The summed E-state index contributed by atoms with van der Waals surface area (Å²) in [5.74, 6) is 0. The van der Waals surface area contributed by atoms with Gasteiger partial charge in [0.05, 0.1) is 6.42 Å². The first-order chi connectivity index (χ1) is 7.35. The third-order valence-electron chi connectivity index (χ3n) is 2.21. The van der Waals surface area contributed by atoms with Gasteiger partial charge in [0, 0.05) is 5.56 Å². The van der Waals surface area contributed by atoms with E-state index in [0.29, 0.717) is 12.0 Å². The zero-order valence-corrected chi connectivity index (χ0v) is 9.48. The molecule has 0 aromatic heterocycles. The van der Waals surface area contributed by atoms with E-state index in [1.807, 2.05) is 0 Å². The number of hydrogen-bond acceptors (Lipinski definition) is 1. The van der Waals surface area contributed by atoms with E-state index in [2.05, 4.69) is 0 Å². The van der Waals surface area contributed by atoms with E-state index >= 15 is 0 Å². The van der Waals surface area contributed by atoms with Gasteiger partial charge >= 0.3 is 14.2 Å². The van der Waals surface area contributed by atoms with Crippen LogP contribution in [0.4, 0.5) is 13.2 Å². The van der Waals surface area contributed by atoms with E-state index in [9.17, 15) is 17.7 Å². The number of rotatable bonds is 3. The fourth-order valence-electron chi connectivity index (χ4n) is 1.54. The Bertz CT molecular complexity index is 402. The van der Waals surface area contributed by atoms with Crippen molar-refractivity contribution >= 4 is 13.3 Å². The molecule has 1 unspecified atom stereocenters. The molecule has 1 rings (SSSR count). The molecule has 16 heavy (non-hydrogen) atoms. The number of aryl methyl sites for hydroxylation is 1. The van der Waals surface area contributed by atoms with Gasteiger partial charge in [-0.15, -0.1) is 0 Å². The van der Waals surface area contributed by atoms with Crippen LogP contribution in [0.2, 0.25) is 0 Å². The summed E-state index contributed by atoms with van der Waals surface area (Å²) in [6, 6.07) is 4.31.